The lowest BCUT2D eigenvalue weighted by molar-refractivity contribution is 0.182. The molecule has 0 bridgehead atoms. The van der Waals surface area contributed by atoms with Gasteiger partial charge in [-0.1, -0.05) is 40.0 Å². The highest BCUT2D eigenvalue weighted by molar-refractivity contribution is 6.70. The van der Waals surface area contributed by atoms with Crippen LogP contribution >= 0.6 is 0 Å². The van der Waals surface area contributed by atoms with Gasteiger partial charge in [-0.25, -0.2) is 0 Å². The SMILES string of the molecule is CO[Si](CCC(C)C)(OC)C1(C)CCCCC1. The molecule has 1 aliphatic carbocycles. The molecule has 3 heteroatoms. The van der Waals surface area contributed by atoms with E-state index in [1.807, 2.05) is 14.2 Å². The van der Waals surface area contributed by atoms with Gasteiger partial charge in [0.1, 0.15) is 0 Å². The van der Waals surface area contributed by atoms with Gasteiger partial charge in [0.15, 0.2) is 0 Å². The summed E-state index contributed by atoms with van der Waals surface area (Å²) in [4.78, 5) is 0. The van der Waals surface area contributed by atoms with Gasteiger partial charge in [-0.05, 0) is 31.2 Å². The lowest BCUT2D eigenvalue weighted by Crippen LogP contribution is -2.52. The Balaban J connectivity index is 2.80. The van der Waals surface area contributed by atoms with Gasteiger partial charge in [0.25, 0.3) is 0 Å². The van der Waals surface area contributed by atoms with Crippen LogP contribution in [0.25, 0.3) is 0 Å². The highest BCUT2D eigenvalue weighted by Crippen LogP contribution is 2.52. The molecule has 0 aliphatic heterocycles. The predicted octanol–water partition coefficient (Wildman–Crippen LogP) is 4.49. The van der Waals surface area contributed by atoms with Crippen molar-refractivity contribution in [3.8, 4) is 0 Å². The van der Waals surface area contributed by atoms with Gasteiger partial charge in [0.05, 0.1) is 0 Å². The topological polar surface area (TPSA) is 18.5 Å². The normalized spacial score (nSPS) is 20.8. The molecule has 0 aromatic heterocycles. The van der Waals surface area contributed by atoms with Crippen molar-refractivity contribution in [1.29, 1.82) is 0 Å². The molecule has 0 amide bonds. The first-order valence-corrected chi connectivity index (χ1v) is 9.12. The summed E-state index contributed by atoms with van der Waals surface area (Å²) in [5.41, 5.74) is 0. The van der Waals surface area contributed by atoms with E-state index in [1.54, 1.807) is 0 Å². The van der Waals surface area contributed by atoms with Crippen molar-refractivity contribution in [3.05, 3.63) is 0 Å². The molecule has 1 fully saturated rings. The Morgan fingerprint density at radius 3 is 2.00 bits per heavy atom. The number of hydrogen-bond donors (Lipinski definition) is 0. The van der Waals surface area contributed by atoms with Gasteiger partial charge in [-0.2, -0.15) is 0 Å². The average Bonchev–Trinajstić information content (AvgIpc) is 2.31. The molecular formula is C14H30O2Si. The van der Waals surface area contributed by atoms with Crippen molar-refractivity contribution in [2.24, 2.45) is 5.92 Å². The van der Waals surface area contributed by atoms with Gasteiger partial charge in [0.2, 0.25) is 0 Å². The minimum Gasteiger partial charge on any atom is -0.397 e. The summed E-state index contributed by atoms with van der Waals surface area (Å²) in [6.45, 7) is 6.98. The second-order valence-electron chi connectivity index (χ2n) is 6.21. The van der Waals surface area contributed by atoms with Crippen LogP contribution in [0.5, 0.6) is 0 Å². The van der Waals surface area contributed by atoms with Crippen molar-refractivity contribution < 1.29 is 8.85 Å². The van der Waals surface area contributed by atoms with E-state index >= 15 is 0 Å². The van der Waals surface area contributed by atoms with Crippen LogP contribution in [0.3, 0.4) is 0 Å². The van der Waals surface area contributed by atoms with E-state index in [2.05, 4.69) is 20.8 Å². The monoisotopic (exact) mass is 258 g/mol. The van der Waals surface area contributed by atoms with E-state index in [1.165, 1.54) is 38.5 Å². The summed E-state index contributed by atoms with van der Waals surface area (Å²) < 4.78 is 12.0. The van der Waals surface area contributed by atoms with Crippen LogP contribution in [-0.4, -0.2) is 22.8 Å². The minimum atomic E-state index is -2.03. The highest BCUT2D eigenvalue weighted by Gasteiger charge is 2.53. The molecule has 1 aliphatic rings. The van der Waals surface area contributed by atoms with Gasteiger partial charge < -0.3 is 8.85 Å². The zero-order valence-corrected chi connectivity index (χ0v) is 13.3. The Morgan fingerprint density at radius 2 is 1.59 bits per heavy atom. The van der Waals surface area contributed by atoms with E-state index < -0.39 is 8.56 Å². The van der Waals surface area contributed by atoms with E-state index in [0.717, 1.165) is 12.0 Å². The molecule has 17 heavy (non-hydrogen) atoms. The van der Waals surface area contributed by atoms with E-state index in [0.29, 0.717) is 5.04 Å². The zero-order chi connectivity index (χ0) is 12.9. The number of hydrogen-bond acceptors (Lipinski definition) is 2. The lowest BCUT2D eigenvalue weighted by Gasteiger charge is -2.46. The summed E-state index contributed by atoms with van der Waals surface area (Å²) >= 11 is 0. The molecule has 0 heterocycles. The van der Waals surface area contributed by atoms with Gasteiger partial charge >= 0.3 is 8.56 Å². The van der Waals surface area contributed by atoms with Crippen LogP contribution in [0.1, 0.15) is 59.3 Å². The molecule has 0 aromatic rings. The Bertz CT molecular complexity index is 218. The van der Waals surface area contributed by atoms with Crippen molar-refractivity contribution in [3.63, 3.8) is 0 Å². The molecule has 1 saturated carbocycles. The van der Waals surface area contributed by atoms with Gasteiger partial charge in [0, 0.05) is 19.3 Å². The summed E-state index contributed by atoms with van der Waals surface area (Å²) in [7, 11) is 1.71. The molecule has 0 spiro atoms. The maximum atomic E-state index is 6.00. The predicted molar refractivity (Wildman–Crippen MR) is 75.5 cm³/mol. The second-order valence-corrected chi connectivity index (χ2v) is 10.2. The minimum absolute atomic E-state index is 0.323. The smallest absolute Gasteiger partial charge is 0.343 e. The Hall–Kier alpha value is 0.137. The van der Waals surface area contributed by atoms with Crippen molar-refractivity contribution in [1.82, 2.24) is 0 Å². The third kappa shape index (κ3) is 3.33. The molecule has 102 valence electrons. The van der Waals surface area contributed by atoms with Crippen molar-refractivity contribution >= 4 is 8.56 Å². The summed E-state index contributed by atoms with van der Waals surface area (Å²) in [6, 6.07) is 1.15. The molecule has 2 nitrogen and oxygen atoms in total. The summed E-state index contributed by atoms with van der Waals surface area (Å²) in [5.74, 6) is 0.736. The first kappa shape index (κ1) is 15.2. The van der Waals surface area contributed by atoms with E-state index in [9.17, 15) is 0 Å². The average molecular weight is 258 g/mol. The molecule has 0 radical (unpaired) electrons. The first-order chi connectivity index (χ1) is 7.99. The molecular weight excluding hydrogens is 228 g/mol. The molecule has 0 atom stereocenters. The van der Waals surface area contributed by atoms with Crippen molar-refractivity contribution in [2.45, 2.75) is 70.4 Å². The van der Waals surface area contributed by atoms with Crippen LogP contribution in [0.2, 0.25) is 11.1 Å². The quantitative estimate of drug-likeness (QED) is 0.653. The van der Waals surface area contributed by atoms with Crippen molar-refractivity contribution in [2.75, 3.05) is 14.2 Å². The molecule has 0 saturated heterocycles. The van der Waals surface area contributed by atoms with Gasteiger partial charge in [-0.15, -0.1) is 0 Å². The van der Waals surface area contributed by atoms with Crippen LogP contribution in [0, 0.1) is 5.92 Å². The summed E-state index contributed by atoms with van der Waals surface area (Å²) in [5, 5.41) is 0.323. The maximum absolute atomic E-state index is 6.00. The fraction of sp³-hybridized carbons (Fsp3) is 1.00. The maximum Gasteiger partial charge on any atom is 0.343 e. The second kappa shape index (κ2) is 6.35. The lowest BCUT2D eigenvalue weighted by atomic mass is 9.90. The highest BCUT2D eigenvalue weighted by atomic mass is 28.4. The summed E-state index contributed by atoms with van der Waals surface area (Å²) in [6.07, 6.45) is 7.89. The van der Waals surface area contributed by atoms with E-state index in [4.69, 9.17) is 8.85 Å². The Morgan fingerprint density at radius 1 is 1.06 bits per heavy atom. The molecule has 1 rings (SSSR count). The zero-order valence-electron chi connectivity index (χ0n) is 12.3. The molecule has 0 N–H and O–H groups in total. The van der Waals surface area contributed by atoms with E-state index in [-0.39, 0.29) is 0 Å². The standard InChI is InChI=1S/C14H30O2Si/c1-13(2)9-12-17(15-4,16-5)14(3)10-7-6-8-11-14/h13H,6-12H2,1-5H3. The molecule has 0 unspecified atom stereocenters. The largest absolute Gasteiger partial charge is 0.397 e. The van der Waals surface area contributed by atoms with Gasteiger partial charge in [-0.3, -0.25) is 0 Å². The third-order valence-corrected chi connectivity index (χ3v) is 9.19. The molecule has 0 aromatic carbocycles. The fourth-order valence-corrected chi connectivity index (χ4v) is 7.51. The van der Waals surface area contributed by atoms with Crippen LogP contribution in [-0.2, 0) is 8.85 Å². The van der Waals surface area contributed by atoms with Crippen LogP contribution in [0.4, 0.5) is 0 Å². The van der Waals surface area contributed by atoms with Crippen LogP contribution in [0.15, 0.2) is 0 Å². The fourth-order valence-electron chi connectivity index (χ4n) is 3.27. The Labute approximate surface area is 108 Å². The Kier molecular flexibility index (Phi) is 5.67. The third-order valence-electron chi connectivity index (χ3n) is 4.59. The number of rotatable bonds is 6. The van der Waals surface area contributed by atoms with Crippen LogP contribution < -0.4 is 0 Å². The first-order valence-electron chi connectivity index (χ1n) is 7.10.